The molecule has 0 saturated heterocycles. The summed E-state index contributed by atoms with van der Waals surface area (Å²) in [7, 11) is 5.52. The Balaban J connectivity index is 4.37. The van der Waals surface area contributed by atoms with Crippen molar-refractivity contribution in [3.63, 3.8) is 0 Å². The van der Waals surface area contributed by atoms with Crippen molar-refractivity contribution in [3.05, 3.63) is 48.6 Å². The van der Waals surface area contributed by atoms with Gasteiger partial charge in [0.05, 0.1) is 34.4 Å². The maximum absolute atomic E-state index is 12.7. The van der Waals surface area contributed by atoms with E-state index in [1.54, 1.807) is 0 Å². The highest BCUT2D eigenvalue weighted by Crippen LogP contribution is 2.15. The van der Waals surface area contributed by atoms with E-state index in [-0.39, 0.29) is 36.2 Å². The van der Waals surface area contributed by atoms with E-state index in [1.165, 1.54) is 96.3 Å². The molecule has 0 rings (SSSR count). The monoisotopic (exact) mass is 803 g/mol. The van der Waals surface area contributed by atoms with Gasteiger partial charge in [-0.2, -0.15) is 0 Å². The summed E-state index contributed by atoms with van der Waals surface area (Å²) in [5, 5.41) is 9.63. The van der Waals surface area contributed by atoms with Crippen LogP contribution >= 0.6 is 0 Å². The van der Waals surface area contributed by atoms with Crippen molar-refractivity contribution in [1.29, 1.82) is 0 Å². The van der Waals surface area contributed by atoms with Gasteiger partial charge in [-0.05, 0) is 38.5 Å². The minimum atomic E-state index is -0.879. The van der Waals surface area contributed by atoms with Gasteiger partial charge in [-0.25, -0.2) is 4.79 Å². The third-order valence-corrected chi connectivity index (χ3v) is 10.3. The molecule has 0 spiro atoms. The van der Waals surface area contributed by atoms with Crippen LogP contribution in [0, 0.1) is 0 Å². The number of hydrogen-bond acceptors (Lipinski definition) is 6. The standard InChI is InChI=1S/C49H87NO7/c1-6-8-10-12-14-16-18-20-22-23-24-26-28-30-32-34-36-38-40-48(52)57-45(43-55-42-41-46(49(53)54)50(3,4)5)44-56-47(51)39-37-35-33-31-29-27-25-21-19-17-15-13-11-9-7-2/h14,16,18,20,22-24,26,45-46H,6-13,15,17,19,21,25,27-44H2,1-5H3/p+1/b16-14+,20-18+,23-22+,26-24+. The van der Waals surface area contributed by atoms with Crippen LogP contribution in [0.3, 0.4) is 0 Å². The highest BCUT2D eigenvalue weighted by molar-refractivity contribution is 5.72. The summed E-state index contributed by atoms with van der Waals surface area (Å²) in [6.07, 6.45) is 47.1. The first-order valence-electron chi connectivity index (χ1n) is 23.2. The number of hydrogen-bond donors (Lipinski definition) is 1. The van der Waals surface area contributed by atoms with E-state index in [0.717, 1.165) is 64.2 Å². The van der Waals surface area contributed by atoms with Crippen LogP contribution in [0.4, 0.5) is 0 Å². The molecule has 0 saturated carbocycles. The van der Waals surface area contributed by atoms with E-state index in [4.69, 9.17) is 14.2 Å². The number of rotatable bonds is 41. The number of nitrogens with zero attached hydrogens (tertiary/aromatic N) is 1. The van der Waals surface area contributed by atoms with Gasteiger partial charge in [-0.1, -0.05) is 184 Å². The Morgan fingerprint density at radius 2 is 0.930 bits per heavy atom. The Hall–Kier alpha value is -2.71. The summed E-state index contributed by atoms with van der Waals surface area (Å²) in [6.45, 7) is 4.68. The van der Waals surface area contributed by atoms with E-state index >= 15 is 0 Å². The number of likely N-dealkylation sites (N-methyl/N-ethyl adjacent to an activating group) is 1. The summed E-state index contributed by atoms with van der Waals surface area (Å²) in [5.41, 5.74) is 0. The molecule has 1 N–H and O–H groups in total. The Morgan fingerprint density at radius 1 is 0.526 bits per heavy atom. The maximum Gasteiger partial charge on any atom is 0.362 e. The fourth-order valence-electron chi connectivity index (χ4n) is 6.69. The molecular formula is C49H88NO7+. The van der Waals surface area contributed by atoms with Crippen LogP contribution in [0.5, 0.6) is 0 Å². The summed E-state index contributed by atoms with van der Waals surface area (Å²) in [6, 6.07) is -0.619. The van der Waals surface area contributed by atoms with Crippen LogP contribution in [-0.4, -0.2) is 80.6 Å². The van der Waals surface area contributed by atoms with Gasteiger partial charge in [0.25, 0.3) is 0 Å². The zero-order valence-electron chi connectivity index (χ0n) is 37.5. The largest absolute Gasteiger partial charge is 0.477 e. The maximum atomic E-state index is 12.7. The lowest BCUT2D eigenvalue weighted by Gasteiger charge is -2.31. The Kier molecular flexibility index (Phi) is 38.2. The smallest absolute Gasteiger partial charge is 0.362 e. The molecule has 0 aromatic rings. The lowest BCUT2D eigenvalue weighted by Crippen LogP contribution is -2.50. The predicted octanol–water partition coefficient (Wildman–Crippen LogP) is 12.8. The van der Waals surface area contributed by atoms with Crippen LogP contribution in [0.1, 0.15) is 194 Å². The van der Waals surface area contributed by atoms with E-state index in [1.807, 2.05) is 21.1 Å². The molecule has 8 heteroatoms. The third kappa shape index (κ3) is 38.6. The third-order valence-electron chi connectivity index (χ3n) is 10.3. The van der Waals surface area contributed by atoms with Gasteiger partial charge >= 0.3 is 17.9 Å². The number of carboxylic acids is 1. The van der Waals surface area contributed by atoms with Crippen molar-refractivity contribution >= 4 is 17.9 Å². The van der Waals surface area contributed by atoms with Crippen molar-refractivity contribution < 1.29 is 38.2 Å². The molecule has 0 aliphatic carbocycles. The highest BCUT2D eigenvalue weighted by atomic mass is 16.6. The SMILES string of the molecule is CCCCC/C=C/C=C/C=C/C=C/CCCCCCCC(=O)OC(COCCC(C(=O)O)[N+](C)(C)C)COC(=O)CCCCCCCCCCCCCCCCC. The molecule has 8 nitrogen and oxygen atoms in total. The first-order chi connectivity index (χ1) is 27.6. The van der Waals surface area contributed by atoms with E-state index in [0.29, 0.717) is 19.3 Å². The second-order valence-electron chi connectivity index (χ2n) is 16.8. The van der Waals surface area contributed by atoms with Gasteiger partial charge < -0.3 is 23.8 Å². The number of allylic oxidation sites excluding steroid dienone is 8. The van der Waals surface area contributed by atoms with E-state index in [9.17, 15) is 19.5 Å². The number of aliphatic carboxylic acids is 1. The average molecular weight is 803 g/mol. The van der Waals surface area contributed by atoms with Crippen LogP contribution < -0.4 is 0 Å². The average Bonchev–Trinajstić information content (AvgIpc) is 3.17. The molecule has 2 unspecified atom stereocenters. The van der Waals surface area contributed by atoms with Crippen molar-refractivity contribution in [1.82, 2.24) is 0 Å². The summed E-state index contributed by atoms with van der Waals surface area (Å²) < 4.78 is 17.3. The van der Waals surface area contributed by atoms with Crippen molar-refractivity contribution in [2.75, 3.05) is 41.0 Å². The van der Waals surface area contributed by atoms with E-state index in [2.05, 4.69) is 62.5 Å². The molecule has 0 aromatic heterocycles. The second kappa shape index (κ2) is 40.1. The molecule has 0 bridgehead atoms. The Bertz CT molecular complexity index is 1070. The molecule has 0 radical (unpaired) electrons. The number of quaternary nitrogens is 1. The van der Waals surface area contributed by atoms with Crippen LogP contribution in [0.25, 0.3) is 0 Å². The minimum Gasteiger partial charge on any atom is -0.477 e. The Labute approximate surface area is 350 Å². The van der Waals surface area contributed by atoms with Gasteiger partial charge in [0.2, 0.25) is 0 Å². The van der Waals surface area contributed by atoms with Crippen molar-refractivity contribution in [3.8, 4) is 0 Å². The van der Waals surface area contributed by atoms with Crippen molar-refractivity contribution in [2.24, 2.45) is 0 Å². The minimum absolute atomic E-state index is 0.0522. The molecule has 2 atom stereocenters. The van der Waals surface area contributed by atoms with Crippen LogP contribution in [-0.2, 0) is 28.6 Å². The molecule has 0 amide bonds. The number of carboxylic acid groups (broad SMARTS) is 1. The zero-order chi connectivity index (χ0) is 42.1. The molecule has 0 aliphatic rings. The number of carbonyl (C=O) groups is 3. The predicted molar refractivity (Wildman–Crippen MR) is 238 cm³/mol. The van der Waals surface area contributed by atoms with Crippen molar-refractivity contribution in [2.45, 2.75) is 206 Å². The number of esters is 2. The van der Waals surface area contributed by atoms with Crippen LogP contribution in [0.15, 0.2) is 48.6 Å². The van der Waals surface area contributed by atoms with Gasteiger partial charge in [-0.3, -0.25) is 9.59 Å². The summed E-state index contributed by atoms with van der Waals surface area (Å²) in [5.74, 6) is -1.49. The Morgan fingerprint density at radius 3 is 1.40 bits per heavy atom. The van der Waals surface area contributed by atoms with Gasteiger partial charge in [0, 0.05) is 19.3 Å². The molecule has 0 fully saturated rings. The lowest BCUT2D eigenvalue weighted by atomic mass is 10.0. The highest BCUT2D eigenvalue weighted by Gasteiger charge is 2.31. The quantitative estimate of drug-likeness (QED) is 0.0284. The second-order valence-corrected chi connectivity index (χ2v) is 16.8. The lowest BCUT2D eigenvalue weighted by molar-refractivity contribution is -0.887. The molecule has 330 valence electrons. The first kappa shape index (κ1) is 54.3. The fraction of sp³-hybridized carbons (Fsp3) is 0.776. The normalized spacial score (nSPS) is 13.4. The van der Waals surface area contributed by atoms with Gasteiger partial charge in [0.15, 0.2) is 12.1 Å². The molecule has 0 aromatic carbocycles. The molecular weight excluding hydrogens is 715 g/mol. The first-order valence-corrected chi connectivity index (χ1v) is 23.2. The van der Waals surface area contributed by atoms with E-state index < -0.39 is 18.1 Å². The number of ether oxygens (including phenoxy) is 3. The van der Waals surface area contributed by atoms with Crippen LogP contribution in [0.2, 0.25) is 0 Å². The molecule has 57 heavy (non-hydrogen) atoms. The fourth-order valence-corrected chi connectivity index (χ4v) is 6.69. The number of carbonyl (C=O) groups excluding carboxylic acids is 2. The van der Waals surface area contributed by atoms with Gasteiger partial charge in [0.1, 0.15) is 6.61 Å². The molecule has 0 aliphatic heterocycles. The topological polar surface area (TPSA) is 99.1 Å². The zero-order valence-corrected chi connectivity index (χ0v) is 37.5. The summed E-state index contributed by atoms with van der Waals surface area (Å²) >= 11 is 0. The summed E-state index contributed by atoms with van der Waals surface area (Å²) in [4.78, 5) is 37.0. The van der Waals surface area contributed by atoms with Gasteiger partial charge in [-0.15, -0.1) is 0 Å². The molecule has 0 heterocycles. The number of unbranched alkanes of at least 4 members (excludes halogenated alkanes) is 22.